The number of ketones is 1. The Morgan fingerprint density at radius 2 is 1.58 bits per heavy atom. The van der Waals surface area contributed by atoms with Gasteiger partial charge in [0.25, 0.3) is 5.72 Å². The number of ether oxygens (including phenoxy) is 1. The molecule has 6 heteroatoms. The number of hydrogen-bond acceptors (Lipinski definition) is 5. The average Bonchev–Trinajstić information content (AvgIpc) is 3.07. The summed E-state index contributed by atoms with van der Waals surface area (Å²) in [6.45, 7) is 4.06. The van der Waals surface area contributed by atoms with Crippen molar-refractivity contribution in [1.29, 1.82) is 0 Å². The zero-order chi connectivity index (χ0) is 23.2. The Kier molecular flexibility index (Phi) is 5.48. The van der Waals surface area contributed by atoms with Crippen LogP contribution in [-0.4, -0.2) is 17.5 Å². The van der Waals surface area contributed by atoms with Crippen LogP contribution in [0.5, 0.6) is 5.75 Å². The molecule has 2 aliphatic heterocycles. The summed E-state index contributed by atoms with van der Waals surface area (Å²) < 4.78 is 11.4. The first-order valence-electron chi connectivity index (χ1n) is 10.8. The Morgan fingerprint density at radius 1 is 0.909 bits per heavy atom. The van der Waals surface area contributed by atoms with Gasteiger partial charge in [-0.2, -0.15) is 0 Å². The number of benzene rings is 3. The molecular formula is C27H22INO4. The van der Waals surface area contributed by atoms with Crippen molar-refractivity contribution in [1.82, 2.24) is 0 Å². The molecular weight excluding hydrogens is 529 g/mol. The fraction of sp³-hybridized carbons (Fsp3) is 0.185. The maximum Gasteiger partial charge on any atom is 0.342 e. The number of fused-ring (bicyclic) bond motifs is 3. The third-order valence-electron chi connectivity index (χ3n) is 5.99. The summed E-state index contributed by atoms with van der Waals surface area (Å²) in [4.78, 5) is 29.3. The van der Waals surface area contributed by atoms with E-state index in [0.29, 0.717) is 29.0 Å². The number of Topliss-reactive ketones (excluding diaryl/α,β-unsaturated/α-hetero) is 1. The molecule has 2 heterocycles. The average molecular weight is 551 g/mol. The molecule has 0 saturated carbocycles. The van der Waals surface area contributed by atoms with Crippen molar-refractivity contribution < 1.29 is 17.4 Å². The van der Waals surface area contributed by atoms with E-state index in [1.807, 2.05) is 115 Å². The summed E-state index contributed by atoms with van der Waals surface area (Å²) in [5.41, 5.74) is 2.60. The summed E-state index contributed by atoms with van der Waals surface area (Å²) >= 11 is 1.84. The summed E-state index contributed by atoms with van der Waals surface area (Å²) in [6.07, 6.45) is 0.376. The maximum absolute atomic E-state index is 14.3. The van der Waals surface area contributed by atoms with Crippen LogP contribution in [0.3, 0.4) is 0 Å². The molecule has 166 valence electrons. The quantitative estimate of drug-likeness (QED) is 0.276. The second-order valence-electron chi connectivity index (χ2n) is 8.64. The Balaban J connectivity index is 1.84. The minimum Gasteiger partial charge on any atom is -0.428 e. The zero-order valence-corrected chi connectivity index (χ0v) is 20.4. The SMILES string of the molecule is CC(C)CC12OC(=O)c3ccccc3N1C(c1ccc(OI)cc1)=C(c1ccccc1)C2=O. The lowest BCUT2D eigenvalue weighted by Crippen LogP contribution is -2.56. The lowest BCUT2D eigenvalue weighted by molar-refractivity contribution is -0.132. The lowest BCUT2D eigenvalue weighted by atomic mass is 9.90. The minimum absolute atomic E-state index is 0.112. The third kappa shape index (κ3) is 3.44. The summed E-state index contributed by atoms with van der Waals surface area (Å²) in [6, 6.07) is 24.5. The van der Waals surface area contributed by atoms with Gasteiger partial charge in [0.1, 0.15) is 5.75 Å². The number of nitrogens with zero attached hydrogens (tertiary/aromatic N) is 1. The number of para-hydroxylation sites is 1. The van der Waals surface area contributed by atoms with Crippen LogP contribution in [0, 0.1) is 5.92 Å². The molecule has 0 fully saturated rings. The van der Waals surface area contributed by atoms with Crippen molar-refractivity contribution >= 4 is 51.7 Å². The molecule has 33 heavy (non-hydrogen) atoms. The van der Waals surface area contributed by atoms with E-state index < -0.39 is 11.7 Å². The molecule has 3 aromatic rings. The molecule has 0 radical (unpaired) electrons. The fourth-order valence-corrected chi connectivity index (χ4v) is 5.04. The van der Waals surface area contributed by atoms with Gasteiger partial charge >= 0.3 is 5.97 Å². The molecule has 0 aliphatic carbocycles. The second kappa shape index (κ2) is 8.33. The number of esters is 1. The number of carbonyl (C=O) groups is 2. The molecule has 5 nitrogen and oxygen atoms in total. The normalized spacial score (nSPS) is 19.5. The number of hydrogen-bond donors (Lipinski definition) is 0. The van der Waals surface area contributed by atoms with Crippen molar-refractivity contribution in [3.8, 4) is 5.75 Å². The zero-order valence-electron chi connectivity index (χ0n) is 18.2. The van der Waals surface area contributed by atoms with Crippen molar-refractivity contribution in [2.75, 3.05) is 4.90 Å². The molecule has 0 amide bonds. The van der Waals surface area contributed by atoms with Crippen LogP contribution >= 0.6 is 23.0 Å². The highest BCUT2D eigenvalue weighted by atomic mass is 127. The Hall–Kier alpha value is -3.13. The Morgan fingerprint density at radius 3 is 2.24 bits per heavy atom. The van der Waals surface area contributed by atoms with Crippen LogP contribution in [0.25, 0.3) is 11.3 Å². The predicted molar refractivity (Wildman–Crippen MR) is 136 cm³/mol. The van der Waals surface area contributed by atoms with Crippen molar-refractivity contribution in [3.63, 3.8) is 0 Å². The minimum atomic E-state index is -1.43. The van der Waals surface area contributed by atoms with Crippen LogP contribution in [0.4, 0.5) is 5.69 Å². The van der Waals surface area contributed by atoms with E-state index in [1.54, 1.807) is 6.07 Å². The van der Waals surface area contributed by atoms with Crippen LogP contribution < -0.4 is 7.97 Å². The smallest absolute Gasteiger partial charge is 0.342 e. The van der Waals surface area contributed by atoms with Gasteiger partial charge in [0.15, 0.2) is 23.0 Å². The Bertz CT molecular complexity index is 1270. The van der Waals surface area contributed by atoms with Gasteiger partial charge in [-0.1, -0.05) is 56.3 Å². The number of rotatable bonds is 5. The topological polar surface area (TPSA) is 55.8 Å². The van der Waals surface area contributed by atoms with Gasteiger partial charge in [-0.3, -0.25) is 9.69 Å². The first-order chi connectivity index (χ1) is 16.0. The molecule has 1 atom stereocenters. The number of halogens is 1. The van der Waals surface area contributed by atoms with E-state index in [4.69, 9.17) is 7.80 Å². The van der Waals surface area contributed by atoms with E-state index >= 15 is 0 Å². The predicted octanol–water partition coefficient (Wildman–Crippen LogP) is 6.29. The molecule has 0 saturated heterocycles. The van der Waals surface area contributed by atoms with Gasteiger partial charge in [0, 0.05) is 6.42 Å². The summed E-state index contributed by atoms with van der Waals surface area (Å²) in [7, 11) is 0. The van der Waals surface area contributed by atoms with Gasteiger partial charge in [-0.15, -0.1) is 0 Å². The Labute approximate surface area is 206 Å². The molecule has 1 unspecified atom stereocenters. The van der Waals surface area contributed by atoms with E-state index in [2.05, 4.69) is 0 Å². The van der Waals surface area contributed by atoms with Crippen LogP contribution in [0.15, 0.2) is 78.9 Å². The number of anilines is 1. The van der Waals surface area contributed by atoms with Gasteiger partial charge in [0.2, 0.25) is 5.78 Å². The standard InChI is InChI=1S/C27H22INO4/c1-17(2)16-27-25(30)23(18-8-4-3-5-9-18)24(19-12-14-20(33-28)15-13-19)29(27)22-11-7-6-10-21(22)26(31)32-27/h3-15,17H,16H2,1-2H3. The number of carbonyl (C=O) groups excluding carboxylic acids is 2. The molecule has 0 bridgehead atoms. The van der Waals surface area contributed by atoms with Gasteiger partial charge in [-0.25, -0.2) is 4.79 Å². The second-order valence-corrected chi connectivity index (χ2v) is 9.09. The highest BCUT2D eigenvalue weighted by molar-refractivity contribution is 14.1. The molecule has 0 N–H and O–H groups in total. The van der Waals surface area contributed by atoms with Crippen LogP contribution in [-0.2, 0) is 9.53 Å². The van der Waals surface area contributed by atoms with Crippen molar-refractivity contribution in [3.05, 3.63) is 95.6 Å². The van der Waals surface area contributed by atoms with Crippen LogP contribution in [0.1, 0.15) is 41.8 Å². The van der Waals surface area contributed by atoms with Crippen molar-refractivity contribution in [2.45, 2.75) is 26.0 Å². The largest absolute Gasteiger partial charge is 0.428 e. The summed E-state index contributed by atoms with van der Waals surface area (Å²) in [5.74, 6) is 0.151. The fourth-order valence-electron chi connectivity index (χ4n) is 4.74. The lowest BCUT2D eigenvalue weighted by Gasteiger charge is -2.44. The van der Waals surface area contributed by atoms with Gasteiger partial charge in [0.05, 0.1) is 22.5 Å². The molecule has 0 aromatic heterocycles. The third-order valence-corrected chi connectivity index (χ3v) is 6.50. The first kappa shape index (κ1) is 21.7. The monoisotopic (exact) mass is 551 g/mol. The molecule has 3 aromatic carbocycles. The van der Waals surface area contributed by atoms with Gasteiger partial charge in [-0.05, 0) is 53.4 Å². The molecule has 5 rings (SSSR count). The molecule has 0 spiro atoms. The van der Waals surface area contributed by atoms with E-state index in [-0.39, 0.29) is 11.7 Å². The van der Waals surface area contributed by atoms with Crippen LogP contribution in [0.2, 0.25) is 0 Å². The highest BCUT2D eigenvalue weighted by Gasteiger charge is 2.60. The van der Waals surface area contributed by atoms with E-state index in [9.17, 15) is 9.59 Å². The van der Waals surface area contributed by atoms with E-state index in [0.717, 1.165) is 16.8 Å². The highest BCUT2D eigenvalue weighted by Crippen LogP contribution is 2.53. The van der Waals surface area contributed by atoms with Gasteiger partial charge < -0.3 is 7.80 Å². The summed E-state index contributed by atoms with van der Waals surface area (Å²) in [5, 5.41) is 0. The first-order valence-corrected chi connectivity index (χ1v) is 11.7. The maximum atomic E-state index is 14.3. The molecule has 2 aliphatic rings. The van der Waals surface area contributed by atoms with Crippen molar-refractivity contribution in [2.24, 2.45) is 5.92 Å². The van der Waals surface area contributed by atoms with E-state index in [1.165, 1.54) is 0 Å².